The Morgan fingerprint density at radius 3 is 3.00 bits per heavy atom. The first-order valence-corrected chi connectivity index (χ1v) is 7.06. The molecule has 0 aliphatic rings. The number of nitrogens with zero attached hydrogens (tertiary/aromatic N) is 1. The van der Waals surface area contributed by atoms with E-state index in [2.05, 4.69) is 38.1 Å². The molecule has 0 aliphatic carbocycles. The highest BCUT2D eigenvalue weighted by Crippen LogP contribution is 2.25. The highest BCUT2D eigenvalue weighted by atomic mass is 79.9. The van der Waals surface area contributed by atoms with Crippen LogP contribution in [0, 0.1) is 11.8 Å². The van der Waals surface area contributed by atoms with Crippen LogP contribution < -0.4 is 5.32 Å². The van der Waals surface area contributed by atoms with Crippen LogP contribution in [0.15, 0.2) is 28.9 Å². The van der Waals surface area contributed by atoms with E-state index in [0.717, 1.165) is 0 Å². The molecule has 1 aromatic carbocycles. The summed E-state index contributed by atoms with van der Waals surface area (Å²) in [6, 6.07) is 4.53. The smallest absolute Gasteiger partial charge is 0.257 e. The third-order valence-electron chi connectivity index (χ3n) is 2.23. The van der Waals surface area contributed by atoms with Crippen molar-refractivity contribution in [3.63, 3.8) is 0 Å². The van der Waals surface area contributed by atoms with Crippen molar-refractivity contribution in [1.29, 1.82) is 0 Å². The molecule has 3 N–H and O–H groups in total. The summed E-state index contributed by atoms with van der Waals surface area (Å²) in [5.41, 5.74) is 0.323. The molecule has 0 spiro atoms. The number of benzene rings is 1. The number of carbonyl (C=O) groups excluding carboxylic acids is 1. The van der Waals surface area contributed by atoms with Crippen molar-refractivity contribution in [3.05, 3.63) is 39.3 Å². The maximum absolute atomic E-state index is 12.0. The molecular weight excluding hydrogens is 344 g/mol. The first kappa shape index (κ1) is 14.5. The van der Waals surface area contributed by atoms with E-state index in [1.807, 2.05) is 0 Å². The number of aromatic nitrogens is 1. The molecule has 7 heteroatoms. The Hall–Kier alpha value is -1.88. The lowest BCUT2D eigenvalue weighted by Gasteiger charge is -2.03. The van der Waals surface area contributed by atoms with Crippen LogP contribution >= 0.6 is 27.3 Å². The fraction of sp³-hybridized carbons (Fsp3) is 0.0769. The van der Waals surface area contributed by atoms with Crippen molar-refractivity contribution in [2.45, 2.75) is 0 Å². The van der Waals surface area contributed by atoms with Gasteiger partial charge in [-0.25, -0.2) is 4.98 Å². The van der Waals surface area contributed by atoms with E-state index in [4.69, 9.17) is 5.11 Å². The molecule has 5 nitrogen and oxygen atoms in total. The van der Waals surface area contributed by atoms with Gasteiger partial charge in [0.05, 0.1) is 15.5 Å². The van der Waals surface area contributed by atoms with Crippen LogP contribution in [0.3, 0.4) is 0 Å². The number of halogens is 1. The minimum Gasteiger partial charge on any atom is -0.507 e. The van der Waals surface area contributed by atoms with Crippen molar-refractivity contribution >= 4 is 38.3 Å². The number of amides is 1. The zero-order valence-electron chi connectivity index (χ0n) is 10.1. The molecule has 1 aromatic heterocycles. The van der Waals surface area contributed by atoms with E-state index in [-0.39, 0.29) is 18.3 Å². The number of nitrogens with one attached hydrogen (secondary N) is 1. The van der Waals surface area contributed by atoms with Crippen LogP contribution in [0.25, 0.3) is 0 Å². The number of aliphatic hydroxyl groups is 1. The number of phenols is 1. The quantitative estimate of drug-likeness (QED) is 0.723. The summed E-state index contributed by atoms with van der Waals surface area (Å²) in [4.78, 5) is 16.6. The standard InChI is InChI=1S/C13H9BrN2O3S/c14-10-4-3-8(6-11(10)18)12(19)16-13-15-7-9(20-13)2-1-5-17/h3-4,6-7,17-18H,5H2,(H,15,16,19). The van der Waals surface area contributed by atoms with Gasteiger partial charge in [-0.15, -0.1) is 0 Å². The molecule has 0 aliphatic heterocycles. The van der Waals surface area contributed by atoms with Gasteiger partial charge in [-0.3, -0.25) is 10.1 Å². The maximum Gasteiger partial charge on any atom is 0.257 e. The lowest BCUT2D eigenvalue weighted by molar-refractivity contribution is 0.102. The summed E-state index contributed by atoms with van der Waals surface area (Å²) in [6.45, 7) is -0.224. The molecule has 0 unspecified atom stereocenters. The maximum atomic E-state index is 12.0. The summed E-state index contributed by atoms with van der Waals surface area (Å²) in [6.07, 6.45) is 1.52. The Bertz CT molecular complexity index is 703. The number of hydrogen-bond donors (Lipinski definition) is 3. The second kappa shape index (κ2) is 6.52. The number of phenolic OH excluding ortho intramolecular Hbond substituents is 1. The van der Waals surface area contributed by atoms with Crippen LogP contribution in [0.2, 0.25) is 0 Å². The van der Waals surface area contributed by atoms with Crippen molar-refractivity contribution < 1.29 is 15.0 Å². The van der Waals surface area contributed by atoms with Gasteiger partial charge in [-0.1, -0.05) is 23.2 Å². The molecule has 2 aromatic rings. The highest BCUT2D eigenvalue weighted by molar-refractivity contribution is 9.10. The van der Waals surface area contributed by atoms with E-state index < -0.39 is 0 Å². The molecule has 0 atom stereocenters. The first-order chi connectivity index (χ1) is 9.60. The largest absolute Gasteiger partial charge is 0.507 e. The lowest BCUT2D eigenvalue weighted by Crippen LogP contribution is -2.11. The molecule has 1 heterocycles. The Morgan fingerprint density at radius 2 is 2.30 bits per heavy atom. The van der Waals surface area contributed by atoms with Crippen LogP contribution in [0.4, 0.5) is 5.13 Å². The highest BCUT2D eigenvalue weighted by Gasteiger charge is 2.10. The third kappa shape index (κ3) is 3.57. The van der Waals surface area contributed by atoms with Crippen LogP contribution in [0.5, 0.6) is 5.75 Å². The van der Waals surface area contributed by atoms with Crippen LogP contribution in [-0.2, 0) is 0 Å². The Morgan fingerprint density at radius 1 is 1.50 bits per heavy atom. The molecule has 102 valence electrons. The molecule has 0 bridgehead atoms. The molecule has 2 rings (SSSR count). The SMILES string of the molecule is O=C(Nc1ncc(C#CCO)s1)c1ccc(Br)c(O)c1. The van der Waals surface area contributed by atoms with Gasteiger partial charge in [-0.05, 0) is 34.1 Å². The Balaban J connectivity index is 2.11. The molecule has 0 saturated heterocycles. The predicted octanol–water partition coefficient (Wildman–Crippen LogP) is 2.21. The average molecular weight is 353 g/mol. The average Bonchev–Trinajstić information content (AvgIpc) is 2.87. The summed E-state index contributed by atoms with van der Waals surface area (Å²) < 4.78 is 0.518. The molecule has 0 fully saturated rings. The molecule has 20 heavy (non-hydrogen) atoms. The van der Waals surface area contributed by atoms with Gasteiger partial charge in [0.25, 0.3) is 5.91 Å². The van der Waals surface area contributed by atoms with Gasteiger partial charge in [0.15, 0.2) is 5.13 Å². The molecule has 1 amide bonds. The van der Waals surface area contributed by atoms with Crippen LogP contribution in [-0.4, -0.2) is 27.7 Å². The van der Waals surface area contributed by atoms with Crippen molar-refractivity contribution in [3.8, 4) is 17.6 Å². The number of carbonyl (C=O) groups is 1. The summed E-state index contributed by atoms with van der Waals surface area (Å²) in [5, 5.41) is 21.1. The van der Waals surface area contributed by atoms with Crippen molar-refractivity contribution in [2.75, 3.05) is 11.9 Å². The zero-order chi connectivity index (χ0) is 14.5. The van der Waals surface area contributed by atoms with E-state index in [1.165, 1.54) is 23.6 Å². The van der Waals surface area contributed by atoms with Crippen molar-refractivity contribution in [2.24, 2.45) is 0 Å². The first-order valence-electron chi connectivity index (χ1n) is 5.45. The zero-order valence-corrected chi connectivity index (χ0v) is 12.5. The summed E-state index contributed by atoms with van der Waals surface area (Å²) in [5.74, 6) is 4.82. The number of aromatic hydroxyl groups is 1. The van der Waals surface area contributed by atoms with Gasteiger partial charge in [-0.2, -0.15) is 0 Å². The normalized spacial score (nSPS) is 9.70. The monoisotopic (exact) mass is 352 g/mol. The van der Waals surface area contributed by atoms with Gasteiger partial charge in [0.2, 0.25) is 0 Å². The fourth-order valence-electron chi connectivity index (χ4n) is 1.34. The predicted molar refractivity (Wildman–Crippen MR) is 79.8 cm³/mol. The lowest BCUT2D eigenvalue weighted by atomic mass is 10.2. The fourth-order valence-corrected chi connectivity index (χ4v) is 2.27. The van der Waals surface area contributed by atoms with E-state index >= 15 is 0 Å². The minimum absolute atomic E-state index is 0.00806. The third-order valence-corrected chi connectivity index (χ3v) is 3.72. The van der Waals surface area contributed by atoms with Gasteiger partial charge in [0, 0.05) is 5.56 Å². The molecular formula is C13H9BrN2O3S. The summed E-state index contributed by atoms with van der Waals surface area (Å²) >= 11 is 4.35. The van der Waals surface area contributed by atoms with Crippen molar-refractivity contribution in [1.82, 2.24) is 4.98 Å². The summed E-state index contributed by atoms with van der Waals surface area (Å²) in [7, 11) is 0. The number of hydrogen-bond acceptors (Lipinski definition) is 5. The van der Waals surface area contributed by atoms with Gasteiger partial charge in [0.1, 0.15) is 12.4 Å². The van der Waals surface area contributed by atoms with Gasteiger partial charge < -0.3 is 10.2 Å². The molecule has 0 saturated carbocycles. The Labute approximate surface area is 127 Å². The van der Waals surface area contributed by atoms with Gasteiger partial charge >= 0.3 is 0 Å². The minimum atomic E-state index is -0.371. The number of aliphatic hydroxyl groups excluding tert-OH is 1. The second-order valence-corrected chi connectivity index (χ2v) is 5.49. The number of anilines is 1. The van der Waals surface area contributed by atoms with E-state index in [0.29, 0.717) is 20.0 Å². The number of thiazole rings is 1. The topological polar surface area (TPSA) is 82.5 Å². The number of rotatable bonds is 2. The van der Waals surface area contributed by atoms with E-state index in [1.54, 1.807) is 12.1 Å². The molecule has 0 radical (unpaired) electrons. The van der Waals surface area contributed by atoms with Crippen LogP contribution in [0.1, 0.15) is 15.2 Å². The Kier molecular flexibility index (Phi) is 4.74. The second-order valence-electron chi connectivity index (χ2n) is 3.61. The van der Waals surface area contributed by atoms with E-state index in [9.17, 15) is 9.90 Å².